The molecule has 0 radical (unpaired) electrons. The van der Waals surface area contributed by atoms with Crippen LogP contribution in [0, 0.1) is 18.6 Å². The molecule has 8 nitrogen and oxygen atoms in total. The number of carbonyl (C=O) groups is 1. The zero-order valence-corrected chi connectivity index (χ0v) is 22.1. The molecule has 1 aromatic heterocycles. The minimum Gasteiger partial charge on any atom is -0.481 e. The maximum atomic E-state index is 15.6. The summed E-state index contributed by atoms with van der Waals surface area (Å²) >= 11 is 0. The Morgan fingerprint density at radius 2 is 1.62 bits per heavy atom. The van der Waals surface area contributed by atoms with Crippen LogP contribution in [0.25, 0.3) is 11.1 Å². The summed E-state index contributed by atoms with van der Waals surface area (Å²) in [6.07, 6.45) is -4.96. The van der Waals surface area contributed by atoms with Crippen LogP contribution in [0.2, 0.25) is 0 Å². The molecule has 4 rings (SSSR count). The highest BCUT2D eigenvalue weighted by atomic mass is 19.4. The van der Waals surface area contributed by atoms with Crippen LogP contribution in [0.3, 0.4) is 0 Å². The van der Waals surface area contributed by atoms with Gasteiger partial charge in [-0.1, -0.05) is 48.5 Å². The molecule has 0 unspecified atom stereocenters. The van der Waals surface area contributed by atoms with Gasteiger partial charge in [-0.05, 0) is 30.7 Å². The number of hydrogen-bond donors (Lipinski definition) is 2. The topological polar surface area (TPSA) is 122 Å². The molecule has 3 aromatic carbocycles. The first kappa shape index (κ1) is 30.2. The summed E-state index contributed by atoms with van der Waals surface area (Å²) in [5, 5.41) is 0. The van der Waals surface area contributed by atoms with Crippen LogP contribution < -0.4 is 27.5 Å². The lowest BCUT2D eigenvalue weighted by Crippen LogP contribution is -2.44. The van der Waals surface area contributed by atoms with Gasteiger partial charge in [-0.3, -0.25) is 18.7 Å². The Labute approximate surface area is 235 Å². The van der Waals surface area contributed by atoms with E-state index < -0.39 is 83.1 Å². The summed E-state index contributed by atoms with van der Waals surface area (Å²) in [6.45, 7) is -0.816. The first-order chi connectivity index (χ1) is 19.8. The Morgan fingerprint density at radius 3 is 2.26 bits per heavy atom. The summed E-state index contributed by atoms with van der Waals surface area (Å²) in [5.41, 5.74) is 6.62. The van der Waals surface area contributed by atoms with E-state index in [-0.39, 0.29) is 11.3 Å². The maximum Gasteiger partial charge on any atom is 0.416 e. The Balaban J connectivity index is 1.98. The van der Waals surface area contributed by atoms with Gasteiger partial charge in [-0.15, -0.1) is 0 Å². The van der Waals surface area contributed by atoms with Crippen LogP contribution in [0.1, 0.15) is 28.4 Å². The molecule has 220 valence electrons. The smallest absolute Gasteiger partial charge is 0.416 e. The van der Waals surface area contributed by atoms with Crippen LogP contribution >= 0.6 is 0 Å². The fourth-order valence-corrected chi connectivity index (χ4v) is 4.57. The van der Waals surface area contributed by atoms with E-state index in [1.165, 1.54) is 25.1 Å². The molecule has 4 aromatic rings. The van der Waals surface area contributed by atoms with Crippen molar-refractivity contribution in [2.24, 2.45) is 11.5 Å². The molecule has 1 amide bonds. The van der Waals surface area contributed by atoms with Crippen molar-refractivity contribution in [3.05, 3.63) is 122 Å². The molecule has 0 fully saturated rings. The number of primary amides is 1. The van der Waals surface area contributed by atoms with Gasteiger partial charge in [-0.25, -0.2) is 13.6 Å². The number of aromatic nitrogens is 2. The van der Waals surface area contributed by atoms with E-state index in [1.54, 1.807) is 30.3 Å². The van der Waals surface area contributed by atoms with E-state index >= 15 is 4.39 Å². The van der Waals surface area contributed by atoms with Gasteiger partial charge in [0.05, 0.1) is 24.2 Å². The zero-order valence-electron chi connectivity index (χ0n) is 22.1. The molecule has 4 N–H and O–H groups in total. The molecule has 0 saturated carbocycles. The standard InChI is InChI=1S/C29H25F5N4O4/c1-16-25(18-9-5-12-23(26(18)31)42-15-24(36)39)27(40)38(14-22(35)17-7-3-2-4-8-17)28(41)37(16)13-19-20(29(32,33)34)10-6-11-21(19)30/h2-12,22H,13-15,35H2,1H3,(H2,36,39)/t22-/m0/s1. The van der Waals surface area contributed by atoms with E-state index in [0.717, 1.165) is 16.7 Å². The van der Waals surface area contributed by atoms with Crippen LogP contribution in [-0.4, -0.2) is 21.6 Å². The van der Waals surface area contributed by atoms with E-state index in [4.69, 9.17) is 16.2 Å². The summed E-state index contributed by atoms with van der Waals surface area (Å²) in [4.78, 5) is 38.6. The first-order valence-electron chi connectivity index (χ1n) is 12.5. The minimum atomic E-state index is -4.96. The number of nitrogens with zero attached hydrogens (tertiary/aromatic N) is 2. The summed E-state index contributed by atoms with van der Waals surface area (Å²) < 4.78 is 78.3. The highest BCUT2D eigenvalue weighted by molar-refractivity contribution is 5.75. The molecule has 13 heteroatoms. The SMILES string of the molecule is Cc1c(-c2cccc(OCC(N)=O)c2F)c(=O)n(C[C@H](N)c2ccccc2)c(=O)n1Cc1c(F)cccc1C(F)(F)F. The highest BCUT2D eigenvalue weighted by Gasteiger charge is 2.35. The number of nitrogens with two attached hydrogens (primary N) is 2. The molecule has 42 heavy (non-hydrogen) atoms. The predicted molar refractivity (Wildman–Crippen MR) is 144 cm³/mol. The number of benzene rings is 3. The van der Waals surface area contributed by atoms with Crippen molar-refractivity contribution in [1.29, 1.82) is 0 Å². The summed E-state index contributed by atoms with van der Waals surface area (Å²) in [6, 6.07) is 13.5. The van der Waals surface area contributed by atoms with Crippen LogP contribution in [0.15, 0.2) is 76.3 Å². The average Bonchev–Trinajstić information content (AvgIpc) is 2.94. The number of amides is 1. The Hall–Kier alpha value is -4.78. The molecule has 0 aliphatic carbocycles. The number of ether oxygens (including phenoxy) is 1. The largest absolute Gasteiger partial charge is 0.481 e. The minimum absolute atomic E-state index is 0.239. The molecular weight excluding hydrogens is 563 g/mol. The third kappa shape index (κ3) is 6.10. The normalized spacial score (nSPS) is 12.3. The number of hydrogen-bond acceptors (Lipinski definition) is 5. The van der Waals surface area contributed by atoms with Gasteiger partial charge in [0.2, 0.25) is 0 Å². The summed E-state index contributed by atoms with van der Waals surface area (Å²) in [7, 11) is 0. The molecular formula is C29H25F5N4O4. The molecule has 1 atom stereocenters. The predicted octanol–water partition coefficient (Wildman–Crippen LogP) is 3.89. The van der Waals surface area contributed by atoms with Crippen molar-refractivity contribution < 1.29 is 31.5 Å². The lowest BCUT2D eigenvalue weighted by Gasteiger charge is -2.21. The first-order valence-corrected chi connectivity index (χ1v) is 12.5. The van der Waals surface area contributed by atoms with Gasteiger partial charge in [0.1, 0.15) is 5.82 Å². The highest BCUT2D eigenvalue weighted by Crippen LogP contribution is 2.34. The van der Waals surface area contributed by atoms with Gasteiger partial charge in [0.15, 0.2) is 18.2 Å². The number of alkyl halides is 3. The van der Waals surface area contributed by atoms with Crippen LogP contribution in [0.5, 0.6) is 5.75 Å². The van der Waals surface area contributed by atoms with Crippen molar-refractivity contribution in [3.63, 3.8) is 0 Å². The summed E-state index contributed by atoms with van der Waals surface area (Å²) in [5.74, 6) is -3.66. The van der Waals surface area contributed by atoms with E-state index in [9.17, 15) is 31.9 Å². The molecule has 0 bridgehead atoms. The maximum absolute atomic E-state index is 15.6. The molecule has 0 saturated heterocycles. The number of carbonyl (C=O) groups excluding carboxylic acids is 1. The Morgan fingerprint density at radius 1 is 0.952 bits per heavy atom. The average molecular weight is 589 g/mol. The zero-order chi connectivity index (χ0) is 30.8. The molecule has 0 aliphatic heterocycles. The van der Waals surface area contributed by atoms with Gasteiger partial charge >= 0.3 is 11.9 Å². The lowest BCUT2D eigenvalue weighted by atomic mass is 10.0. The molecule has 0 aliphatic rings. The second kappa shape index (κ2) is 12.0. The molecule has 1 heterocycles. The number of halogens is 5. The van der Waals surface area contributed by atoms with Crippen LogP contribution in [-0.2, 0) is 24.1 Å². The van der Waals surface area contributed by atoms with Crippen LogP contribution in [0.4, 0.5) is 22.0 Å². The Kier molecular flexibility index (Phi) is 8.62. The third-order valence-corrected chi connectivity index (χ3v) is 6.64. The second-order valence-electron chi connectivity index (χ2n) is 9.40. The monoisotopic (exact) mass is 588 g/mol. The van der Waals surface area contributed by atoms with Crippen molar-refractivity contribution in [1.82, 2.24) is 9.13 Å². The third-order valence-electron chi connectivity index (χ3n) is 6.64. The fraction of sp³-hybridized carbons (Fsp3) is 0.207. The van der Waals surface area contributed by atoms with E-state index in [1.807, 2.05) is 0 Å². The Bertz CT molecular complexity index is 1750. The van der Waals surface area contributed by atoms with Gasteiger partial charge in [0.25, 0.3) is 11.5 Å². The lowest BCUT2D eigenvalue weighted by molar-refractivity contribution is -0.138. The van der Waals surface area contributed by atoms with E-state index in [0.29, 0.717) is 16.2 Å². The van der Waals surface area contributed by atoms with Crippen molar-refractivity contribution >= 4 is 5.91 Å². The van der Waals surface area contributed by atoms with Gasteiger partial charge < -0.3 is 16.2 Å². The quantitative estimate of drug-likeness (QED) is 0.287. The van der Waals surface area contributed by atoms with Gasteiger partial charge in [0, 0.05) is 22.9 Å². The fourth-order valence-electron chi connectivity index (χ4n) is 4.57. The van der Waals surface area contributed by atoms with Crippen molar-refractivity contribution in [2.45, 2.75) is 32.2 Å². The van der Waals surface area contributed by atoms with Gasteiger partial charge in [-0.2, -0.15) is 13.2 Å². The molecule has 0 spiro atoms. The van der Waals surface area contributed by atoms with Crippen molar-refractivity contribution in [3.8, 4) is 16.9 Å². The second-order valence-corrected chi connectivity index (χ2v) is 9.40. The number of rotatable bonds is 9. The van der Waals surface area contributed by atoms with E-state index in [2.05, 4.69) is 0 Å². The van der Waals surface area contributed by atoms with Crippen molar-refractivity contribution in [2.75, 3.05) is 6.61 Å².